The van der Waals surface area contributed by atoms with Gasteiger partial charge in [-0.3, -0.25) is 9.59 Å². The second-order valence-electron chi connectivity index (χ2n) is 6.52. The first kappa shape index (κ1) is 21.7. The van der Waals surface area contributed by atoms with Crippen LogP contribution in [0.5, 0.6) is 0 Å². The summed E-state index contributed by atoms with van der Waals surface area (Å²) in [6.45, 7) is 1.84. The predicted molar refractivity (Wildman–Crippen MR) is 118 cm³/mol. The van der Waals surface area contributed by atoms with Gasteiger partial charge in [0.25, 0.3) is 5.91 Å². The fraction of sp³-hybridized carbons (Fsp3) is 0.143. The third-order valence-electron chi connectivity index (χ3n) is 4.12. The van der Waals surface area contributed by atoms with Gasteiger partial charge in [0.1, 0.15) is 0 Å². The molecule has 0 unspecified atom stereocenters. The van der Waals surface area contributed by atoms with Gasteiger partial charge in [0.05, 0.1) is 9.77 Å². The van der Waals surface area contributed by atoms with E-state index < -0.39 is 10.0 Å². The van der Waals surface area contributed by atoms with Crippen LogP contribution >= 0.6 is 11.3 Å². The zero-order valence-corrected chi connectivity index (χ0v) is 17.8. The molecule has 30 heavy (non-hydrogen) atoms. The van der Waals surface area contributed by atoms with Crippen molar-refractivity contribution in [3.8, 4) is 0 Å². The van der Waals surface area contributed by atoms with Gasteiger partial charge in [-0.05, 0) is 48.7 Å². The van der Waals surface area contributed by atoms with E-state index in [0.29, 0.717) is 16.3 Å². The van der Waals surface area contributed by atoms with Crippen molar-refractivity contribution in [2.75, 3.05) is 17.2 Å². The Bertz CT molecular complexity index is 1130. The molecule has 0 aliphatic heterocycles. The van der Waals surface area contributed by atoms with Gasteiger partial charge in [-0.1, -0.05) is 29.8 Å². The maximum absolute atomic E-state index is 12.2. The molecule has 0 spiro atoms. The molecule has 0 fully saturated rings. The quantitative estimate of drug-likeness (QED) is 0.495. The third-order valence-corrected chi connectivity index (χ3v) is 6.47. The minimum Gasteiger partial charge on any atom is -0.326 e. The number of hydrogen-bond donors (Lipinski definition) is 3. The van der Waals surface area contributed by atoms with Crippen molar-refractivity contribution in [3.63, 3.8) is 0 Å². The third kappa shape index (κ3) is 5.99. The Morgan fingerprint density at radius 1 is 0.933 bits per heavy atom. The fourth-order valence-corrected chi connectivity index (χ4v) is 4.25. The minimum absolute atomic E-state index is 0.0309. The largest absolute Gasteiger partial charge is 0.326 e. The van der Waals surface area contributed by atoms with E-state index in [-0.39, 0.29) is 29.7 Å². The molecule has 2 amide bonds. The molecule has 1 heterocycles. The lowest BCUT2D eigenvalue weighted by molar-refractivity contribution is -0.116. The van der Waals surface area contributed by atoms with Crippen molar-refractivity contribution >= 4 is 44.5 Å². The minimum atomic E-state index is -3.66. The Hall–Kier alpha value is -3.01. The van der Waals surface area contributed by atoms with Gasteiger partial charge >= 0.3 is 0 Å². The van der Waals surface area contributed by atoms with Gasteiger partial charge in [-0.25, -0.2) is 13.1 Å². The number of amides is 2. The second-order valence-corrected chi connectivity index (χ2v) is 9.24. The molecule has 0 radical (unpaired) electrons. The Labute approximate surface area is 179 Å². The summed E-state index contributed by atoms with van der Waals surface area (Å²) in [5, 5.41) is 7.29. The van der Waals surface area contributed by atoms with E-state index in [9.17, 15) is 18.0 Å². The fourth-order valence-electron chi connectivity index (χ4n) is 2.60. The van der Waals surface area contributed by atoms with E-state index in [0.717, 1.165) is 5.56 Å². The van der Waals surface area contributed by atoms with Gasteiger partial charge in [0, 0.05) is 24.3 Å². The highest BCUT2D eigenvalue weighted by atomic mass is 32.2. The van der Waals surface area contributed by atoms with Gasteiger partial charge in [0.15, 0.2) is 0 Å². The van der Waals surface area contributed by atoms with E-state index in [2.05, 4.69) is 15.4 Å². The van der Waals surface area contributed by atoms with Crippen molar-refractivity contribution in [1.82, 2.24) is 4.72 Å². The molecule has 2 aromatic carbocycles. The van der Waals surface area contributed by atoms with Crippen LogP contribution in [0.25, 0.3) is 0 Å². The van der Waals surface area contributed by atoms with Crippen LogP contribution in [-0.4, -0.2) is 26.8 Å². The summed E-state index contributed by atoms with van der Waals surface area (Å²) in [6, 6.07) is 16.7. The summed E-state index contributed by atoms with van der Waals surface area (Å²) in [4.78, 5) is 25.0. The van der Waals surface area contributed by atoms with Crippen molar-refractivity contribution in [2.45, 2.75) is 18.2 Å². The average Bonchev–Trinajstić information content (AvgIpc) is 3.23. The van der Waals surface area contributed by atoms with E-state index >= 15 is 0 Å². The highest BCUT2D eigenvalue weighted by molar-refractivity contribution is 7.89. The zero-order valence-electron chi connectivity index (χ0n) is 16.2. The predicted octanol–water partition coefficient (Wildman–Crippen LogP) is 3.62. The zero-order chi connectivity index (χ0) is 21.6. The molecule has 1 aromatic heterocycles. The van der Waals surface area contributed by atoms with E-state index in [1.807, 2.05) is 12.3 Å². The summed E-state index contributed by atoms with van der Waals surface area (Å²) in [6.07, 6.45) is -0.0309. The molecule has 3 rings (SSSR count). The van der Waals surface area contributed by atoms with Crippen molar-refractivity contribution in [2.24, 2.45) is 0 Å². The molecule has 156 valence electrons. The van der Waals surface area contributed by atoms with Gasteiger partial charge in [-0.15, -0.1) is 11.3 Å². The number of thiophene rings is 1. The highest BCUT2D eigenvalue weighted by Crippen LogP contribution is 2.18. The Kier molecular flexibility index (Phi) is 6.99. The second kappa shape index (κ2) is 9.66. The molecule has 0 atom stereocenters. The molecular formula is C21H21N3O4S2. The SMILES string of the molecule is Cc1ccc(S(=O)(=O)NCCC(=O)Nc2cccc(NC(=O)c3cccs3)c2)cc1. The molecule has 0 aliphatic rings. The first-order valence-corrected chi connectivity index (χ1v) is 11.5. The van der Waals surface area contributed by atoms with E-state index in [1.54, 1.807) is 48.5 Å². The van der Waals surface area contributed by atoms with Crippen LogP contribution in [0.15, 0.2) is 70.9 Å². The Morgan fingerprint density at radius 3 is 2.30 bits per heavy atom. The van der Waals surface area contributed by atoms with Crippen LogP contribution in [-0.2, 0) is 14.8 Å². The number of anilines is 2. The number of benzene rings is 2. The first-order chi connectivity index (χ1) is 14.3. The lowest BCUT2D eigenvalue weighted by atomic mass is 10.2. The molecule has 7 nitrogen and oxygen atoms in total. The number of rotatable bonds is 8. The van der Waals surface area contributed by atoms with Crippen molar-refractivity contribution in [1.29, 1.82) is 0 Å². The molecule has 3 N–H and O–H groups in total. The normalized spacial score (nSPS) is 11.1. The van der Waals surface area contributed by atoms with Crippen LogP contribution in [0.2, 0.25) is 0 Å². The monoisotopic (exact) mass is 443 g/mol. The standard InChI is InChI=1S/C21H21N3O4S2/c1-15-7-9-18(10-8-15)30(27,28)22-12-11-20(25)23-16-4-2-5-17(14-16)24-21(26)19-6-3-13-29-19/h2-10,13-14,22H,11-12H2,1H3,(H,23,25)(H,24,26). The van der Waals surface area contributed by atoms with Gasteiger partial charge < -0.3 is 10.6 Å². The maximum atomic E-state index is 12.2. The van der Waals surface area contributed by atoms with Crippen LogP contribution in [0.4, 0.5) is 11.4 Å². The first-order valence-electron chi connectivity index (χ1n) is 9.14. The number of nitrogens with one attached hydrogen (secondary N) is 3. The number of carbonyl (C=O) groups excluding carboxylic acids is 2. The Morgan fingerprint density at radius 2 is 1.63 bits per heavy atom. The lowest BCUT2D eigenvalue weighted by Gasteiger charge is -2.09. The molecule has 0 saturated heterocycles. The van der Waals surface area contributed by atoms with E-state index in [1.165, 1.54) is 23.5 Å². The number of carbonyl (C=O) groups is 2. The summed E-state index contributed by atoms with van der Waals surface area (Å²) in [5.74, 6) is -0.567. The molecule has 0 bridgehead atoms. The summed E-state index contributed by atoms with van der Waals surface area (Å²) >= 11 is 1.34. The lowest BCUT2D eigenvalue weighted by Crippen LogP contribution is -2.27. The average molecular weight is 444 g/mol. The topological polar surface area (TPSA) is 104 Å². The van der Waals surface area contributed by atoms with Crippen LogP contribution in [0.3, 0.4) is 0 Å². The maximum Gasteiger partial charge on any atom is 0.265 e. The summed E-state index contributed by atoms with van der Waals surface area (Å²) < 4.78 is 26.9. The van der Waals surface area contributed by atoms with Crippen LogP contribution in [0.1, 0.15) is 21.7 Å². The number of sulfonamides is 1. The van der Waals surface area contributed by atoms with Crippen molar-refractivity contribution in [3.05, 3.63) is 76.5 Å². The molecule has 0 saturated carbocycles. The Balaban J connectivity index is 1.51. The number of hydrogen-bond acceptors (Lipinski definition) is 5. The highest BCUT2D eigenvalue weighted by Gasteiger charge is 2.14. The number of aryl methyl sites for hydroxylation is 1. The smallest absolute Gasteiger partial charge is 0.265 e. The molecule has 0 aliphatic carbocycles. The summed E-state index contributed by atoms with van der Waals surface area (Å²) in [5.41, 5.74) is 2.01. The molecule has 9 heteroatoms. The molecular weight excluding hydrogens is 422 g/mol. The van der Waals surface area contributed by atoms with Crippen LogP contribution in [0, 0.1) is 6.92 Å². The summed E-state index contributed by atoms with van der Waals surface area (Å²) in [7, 11) is -3.66. The van der Waals surface area contributed by atoms with Gasteiger partial charge in [0.2, 0.25) is 15.9 Å². The van der Waals surface area contributed by atoms with Crippen LogP contribution < -0.4 is 15.4 Å². The van der Waals surface area contributed by atoms with E-state index in [4.69, 9.17) is 0 Å². The molecule has 3 aromatic rings. The van der Waals surface area contributed by atoms with Gasteiger partial charge in [-0.2, -0.15) is 0 Å². The van der Waals surface area contributed by atoms with Crippen molar-refractivity contribution < 1.29 is 18.0 Å².